The van der Waals surface area contributed by atoms with Crippen molar-refractivity contribution in [1.82, 2.24) is 9.97 Å². The van der Waals surface area contributed by atoms with E-state index in [4.69, 9.17) is 5.11 Å². The number of hydrogen-bond acceptors (Lipinski definition) is 4. The highest BCUT2D eigenvalue weighted by Crippen LogP contribution is 2.28. The van der Waals surface area contributed by atoms with Gasteiger partial charge in [0.2, 0.25) is 5.95 Å². The molecule has 0 bridgehead atoms. The minimum Gasteiger partial charge on any atom is -0.384 e. The van der Waals surface area contributed by atoms with E-state index in [0.717, 1.165) is 38.1 Å². The van der Waals surface area contributed by atoms with Gasteiger partial charge in [0.05, 0.1) is 0 Å². The van der Waals surface area contributed by atoms with Gasteiger partial charge in [-0.3, -0.25) is 0 Å². The number of aliphatic hydroxyl groups is 1. The van der Waals surface area contributed by atoms with Crippen molar-refractivity contribution >= 4 is 5.95 Å². The quantitative estimate of drug-likeness (QED) is 0.856. The third kappa shape index (κ3) is 3.71. The van der Waals surface area contributed by atoms with Crippen molar-refractivity contribution in [3.8, 4) is 11.8 Å². The van der Waals surface area contributed by atoms with E-state index in [1.54, 1.807) is 0 Å². The van der Waals surface area contributed by atoms with E-state index < -0.39 is 0 Å². The fourth-order valence-electron chi connectivity index (χ4n) is 2.67. The maximum atomic E-state index is 8.73. The zero-order valence-corrected chi connectivity index (χ0v) is 12.3. The molecular weight excluding hydrogens is 250 g/mol. The van der Waals surface area contributed by atoms with Gasteiger partial charge in [0.15, 0.2) is 0 Å². The van der Waals surface area contributed by atoms with Crippen LogP contribution in [0.4, 0.5) is 5.95 Å². The van der Waals surface area contributed by atoms with E-state index in [0.29, 0.717) is 12.0 Å². The lowest BCUT2D eigenvalue weighted by atomic mass is 9.86. The third-order valence-corrected chi connectivity index (χ3v) is 4.05. The maximum Gasteiger partial charge on any atom is 0.225 e. The molecule has 1 saturated carbocycles. The van der Waals surface area contributed by atoms with Crippen molar-refractivity contribution in [2.45, 2.75) is 45.1 Å². The first-order valence-corrected chi connectivity index (χ1v) is 7.37. The Morgan fingerprint density at radius 2 is 1.90 bits per heavy atom. The fourth-order valence-corrected chi connectivity index (χ4v) is 2.67. The lowest BCUT2D eigenvalue weighted by molar-refractivity contribution is 0.347. The largest absolute Gasteiger partial charge is 0.384 e. The van der Waals surface area contributed by atoms with E-state index in [2.05, 4.69) is 40.7 Å². The Balaban J connectivity index is 1.92. The molecule has 1 N–H and O–H groups in total. The van der Waals surface area contributed by atoms with Crippen LogP contribution in [0.1, 0.15) is 38.2 Å². The first-order chi connectivity index (χ1) is 9.74. The summed E-state index contributed by atoms with van der Waals surface area (Å²) in [6.07, 6.45) is 9.21. The van der Waals surface area contributed by atoms with Gasteiger partial charge in [-0.05, 0) is 37.7 Å². The van der Waals surface area contributed by atoms with Gasteiger partial charge in [0.1, 0.15) is 6.61 Å². The number of aliphatic hydroxyl groups excluding tert-OH is 1. The molecule has 1 aromatic heterocycles. The molecule has 108 valence electrons. The van der Waals surface area contributed by atoms with Crippen LogP contribution in [0.25, 0.3) is 0 Å². The van der Waals surface area contributed by atoms with Crippen LogP contribution in [0.2, 0.25) is 0 Å². The number of nitrogens with zero attached hydrogens (tertiary/aromatic N) is 3. The van der Waals surface area contributed by atoms with E-state index >= 15 is 0 Å². The van der Waals surface area contributed by atoms with Gasteiger partial charge in [0.25, 0.3) is 0 Å². The van der Waals surface area contributed by atoms with Crippen molar-refractivity contribution in [3.63, 3.8) is 0 Å². The van der Waals surface area contributed by atoms with Crippen molar-refractivity contribution < 1.29 is 5.11 Å². The summed E-state index contributed by atoms with van der Waals surface area (Å²) in [7, 11) is 2.07. The van der Waals surface area contributed by atoms with Crippen LogP contribution in [0.3, 0.4) is 0 Å². The summed E-state index contributed by atoms with van der Waals surface area (Å²) in [6, 6.07) is 0.495. The van der Waals surface area contributed by atoms with Crippen LogP contribution in [0, 0.1) is 17.8 Å². The van der Waals surface area contributed by atoms with Gasteiger partial charge < -0.3 is 10.0 Å². The van der Waals surface area contributed by atoms with E-state index in [1.165, 1.54) is 5.56 Å². The second-order valence-corrected chi connectivity index (χ2v) is 5.34. The van der Waals surface area contributed by atoms with Crippen LogP contribution in [0.15, 0.2) is 12.4 Å². The summed E-state index contributed by atoms with van der Waals surface area (Å²) in [5.74, 6) is 7.16. The summed E-state index contributed by atoms with van der Waals surface area (Å²) >= 11 is 0. The SMILES string of the molecule is CCc1cnc(N(C)C2CCC(C#CCO)CC2)nc1. The smallest absolute Gasteiger partial charge is 0.225 e. The number of rotatable bonds is 3. The highest BCUT2D eigenvalue weighted by Gasteiger charge is 2.24. The highest BCUT2D eigenvalue weighted by molar-refractivity contribution is 5.30. The first kappa shape index (κ1) is 14.8. The molecule has 20 heavy (non-hydrogen) atoms. The van der Waals surface area contributed by atoms with Gasteiger partial charge in [0, 0.05) is 31.4 Å². The summed E-state index contributed by atoms with van der Waals surface area (Å²) in [5.41, 5.74) is 1.17. The Morgan fingerprint density at radius 1 is 1.25 bits per heavy atom. The predicted octanol–water partition coefficient (Wildman–Crippen LogP) is 2.03. The molecule has 1 aliphatic carbocycles. The Labute approximate surface area is 121 Å². The monoisotopic (exact) mass is 273 g/mol. The second kappa shape index (κ2) is 7.25. The van der Waals surface area contributed by atoms with E-state index in [1.807, 2.05) is 12.4 Å². The Hall–Kier alpha value is -1.60. The molecule has 1 aliphatic rings. The van der Waals surface area contributed by atoms with Gasteiger partial charge in [-0.25, -0.2) is 9.97 Å². The van der Waals surface area contributed by atoms with Crippen LogP contribution in [0.5, 0.6) is 0 Å². The molecule has 4 nitrogen and oxygen atoms in total. The number of aromatic nitrogens is 2. The zero-order chi connectivity index (χ0) is 14.4. The number of hydrogen-bond donors (Lipinski definition) is 1. The Bertz CT molecular complexity index is 467. The standard InChI is InChI=1S/C16H23N3O/c1-3-13-11-17-16(18-12-13)19(2)15-8-6-14(7-9-15)5-4-10-20/h11-12,14-15,20H,3,6-10H2,1-2H3. The molecule has 2 rings (SSSR count). The summed E-state index contributed by atoms with van der Waals surface area (Å²) < 4.78 is 0. The maximum absolute atomic E-state index is 8.73. The minimum atomic E-state index is -0.0303. The summed E-state index contributed by atoms with van der Waals surface area (Å²) in [6.45, 7) is 2.08. The van der Waals surface area contributed by atoms with Crippen molar-refractivity contribution in [3.05, 3.63) is 18.0 Å². The lowest BCUT2D eigenvalue weighted by Gasteiger charge is -2.33. The molecule has 1 heterocycles. The van der Waals surface area contributed by atoms with Crippen molar-refractivity contribution in [2.75, 3.05) is 18.6 Å². The lowest BCUT2D eigenvalue weighted by Crippen LogP contribution is -2.36. The van der Waals surface area contributed by atoms with Crippen molar-refractivity contribution in [2.24, 2.45) is 5.92 Å². The van der Waals surface area contributed by atoms with Gasteiger partial charge >= 0.3 is 0 Å². The molecule has 1 aromatic rings. The number of aryl methyl sites for hydroxylation is 1. The topological polar surface area (TPSA) is 49.2 Å². The van der Waals surface area contributed by atoms with Crippen LogP contribution < -0.4 is 4.90 Å². The van der Waals surface area contributed by atoms with Crippen LogP contribution in [-0.2, 0) is 6.42 Å². The highest BCUT2D eigenvalue weighted by atomic mass is 16.2. The number of anilines is 1. The minimum absolute atomic E-state index is 0.0303. The second-order valence-electron chi connectivity index (χ2n) is 5.34. The molecule has 0 atom stereocenters. The molecule has 1 fully saturated rings. The van der Waals surface area contributed by atoms with Crippen LogP contribution in [-0.4, -0.2) is 34.8 Å². The van der Waals surface area contributed by atoms with Gasteiger partial charge in [-0.1, -0.05) is 18.8 Å². The molecule has 0 saturated heterocycles. The van der Waals surface area contributed by atoms with E-state index in [-0.39, 0.29) is 6.61 Å². The predicted molar refractivity (Wildman–Crippen MR) is 80.4 cm³/mol. The summed E-state index contributed by atoms with van der Waals surface area (Å²) in [4.78, 5) is 11.1. The average molecular weight is 273 g/mol. The molecule has 0 amide bonds. The van der Waals surface area contributed by atoms with E-state index in [9.17, 15) is 0 Å². The molecular formula is C16H23N3O. The van der Waals surface area contributed by atoms with Gasteiger partial charge in [-0.2, -0.15) is 0 Å². The fraction of sp³-hybridized carbons (Fsp3) is 0.625. The third-order valence-electron chi connectivity index (χ3n) is 4.05. The zero-order valence-electron chi connectivity index (χ0n) is 12.3. The molecule has 0 spiro atoms. The summed E-state index contributed by atoms with van der Waals surface area (Å²) in [5, 5.41) is 8.73. The molecule has 0 radical (unpaired) electrons. The molecule has 0 aromatic carbocycles. The normalized spacial score (nSPS) is 21.9. The Kier molecular flexibility index (Phi) is 5.37. The van der Waals surface area contributed by atoms with Crippen molar-refractivity contribution in [1.29, 1.82) is 0 Å². The van der Waals surface area contributed by atoms with Gasteiger partial charge in [-0.15, -0.1) is 0 Å². The molecule has 0 unspecified atom stereocenters. The van der Waals surface area contributed by atoms with Crippen LogP contribution >= 0.6 is 0 Å². The Morgan fingerprint density at radius 3 is 2.45 bits per heavy atom. The molecule has 0 aliphatic heterocycles. The first-order valence-electron chi connectivity index (χ1n) is 7.37. The molecule has 4 heteroatoms. The average Bonchev–Trinajstić information content (AvgIpc) is 2.53.